The fourth-order valence-corrected chi connectivity index (χ4v) is 1.59. The van der Waals surface area contributed by atoms with Crippen LogP contribution in [0.15, 0.2) is 0 Å². The summed E-state index contributed by atoms with van der Waals surface area (Å²) in [5.41, 5.74) is 0. The first-order valence-corrected chi connectivity index (χ1v) is 4.98. The maximum absolute atomic E-state index is 5.69. The molecule has 0 aromatic heterocycles. The molecular formula is C10H21NO. The van der Waals surface area contributed by atoms with Crippen molar-refractivity contribution < 1.29 is 4.74 Å². The number of ether oxygens (including phenoxy) is 1. The molecule has 2 nitrogen and oxygen atoms in total. The molecule has 1 aliphatic carbocycles. The predicted octanol–water partition coefficient (Wildman–Crippen LogP) is 1.66. The van der Waals surface area contributed by atoms with Crippen molar-refractivity contribution >= 4 is 0 Å². The van der Waals surface area contributed by atoms with E-state index in [0.29, 0.717) is 12.0 Å². The third-order valence-corrected chi connectivity index (χ3v) is 2.35. The molecule has 0 spiro atoms. The van der Waals surface area contributed by atoms with Crippen LogP contribution in [0.1, 0.15) is 26.7 Å². The molecule has 2 heteroatoms. The molecule has 1 rings (SSSR count). The molecule has 12 heavy (non-hydrogen) atoms. The molecule has 1 N–H and O–H groups in total. The molecule has 0 amide bonds. The van der Waals surface area contributed by atoms with E-state index in [1.165, 1.54) is 12.8 Å². The maximum Gasteiger partial charge on any atom is 0.0581 e. The highest BCUT2D eigenvalue weighted by Gasteiger charge is 2.28. The molecule has 72 valence electrons. The van der Waals surface area contributed by atoms with Crippen LogP contribution in [0.4, 0.5) is 0 Å². The van der Waals surface area contributed by atoms with Gasteiger partial charge in [-0.2, -0.15) is 0 Å². The fourth-order valence-electron chi connectivity index (χ4n) is 1.59. The number of hydrogen-bond donors (Lipinski definition) is 1. The Labute approximate surface area is 75.7 Å². The second kappa shape index (κ2) is 4.83. The van der Waals surface area contributed by atoms with Gasteiger partial charge in [0, 0.05) is 6.61 Å². The first-order chi connectivity index (χ1) is 5.72. The number of hydrogen-bond acceptors (Lipinski definition) is 2. The highest BCUT2D eigenvalue weighted by atomic mass is 16.5. The van der Waals surface area contributed by atoms with Crippen molar-refractivity contribution in [2.75, 3.05) is 20.2 Å². The van der Waals surface area contributed by atoms with Crippen molar-refractivity contribution in [2.24, 2.45) is 11.8 Å². The van der Waals surface area contributed by atoms with Gasteiger partial charge in [0.15, 0.2) is 0 Å². The molecule has 1 saturated carbocycles. The first-order valence-electron chi connectivity index (χ1n) is 4.98. The molecule has 1 fully saturated rings. The second-order valence-electron chi connectivity index (χ2n) is 4.24. The Hall–Kier alpha value is -0.0800. The molecule has 0 radical (unpaired) electrons. The molecule has 0 unspecified atom stereocenters. The van der Waals surface area contributed by atoms with Crippen molar-refractivity contribution in [1.29, 1.82) is 0 Å². The van der Waals surface area contributed by atoms with Gasteiger partial charge < -0.3 is 10.1 Å². The third kappa shape index (κ3) is 3.11. The van der Waals surface area contributed by atoms with Gasteiger partial charge in [-0.1, -0.05) is 13.8 Å². The summed E-state index contributed by atoms with van der Waals surface area (Å²) < 4.78 is 5.69. The van der Waals surface area contributed by atoms with E-state index < -0.39 is 0 Å². The number of rotatable bonds is 5. The van der Waals surface area contributed by atoms with Crippen molar-refractivity contribution in [3.8, 4) is 0 Å². The van der Waals surface area contributed by atoms with Gasteiger partial charge in [0.25, 0.3) is 0 Å². The quantitative estimate of drug-likeness (QED) is 0.679. The molecule has 1 aliphatic rings. The van der Waals surface area contributed by atoms with Gasteiger partial charge in [-0.25, -0.2) is 0 Å². The van der Waals surface area contributed by atoms with Gasteiger partial charge in [0.05, 0.1) is 6.10 Å². The Morgan fingerprint density at radius 2 is 2.08 bits per heavy atom. The van der Waals surface area contributed by atoms with Crippen LogP contribution in [0.2, 0.25) is 0 Å². The van der Waals surface area contributed by atoms with Gasteiger partial charge in [0.1, 0.15) is 0 Å². The van der Waals surface area contributed by atoms with E-state index >= 15 is 0 Å². The van der Waals surface area contributed by atoms with Crippen LogP contribution in [0.3, 0.4) is 0 Å². The molecule has 0 aliphatic heterocycles. The van der Waals surface area contributed by atoms with E-state index in [1.807, 2.05) is 7.05 Å². The van der Waals surface area contributed by atoms with Crippen LogP contribution >= 0.6 is 0 Å². The van der Waals surface area contributed by atoms with E-state index in [0.717, 1.165) is 19.1 Å². The summed E-state index contributed by atoms with van der Waals surface area (Å²) in [7, 11) is 2.02. The largest absolute Gasteiger partial charge is 0.378 e. The predicted molar refractivity (Wildman–Crippen MR) is 51.2 cm³/mol. The normalized spacial score (nSPS) is 29.0. The Morgan fingerprint density at radius 1 is 1.42 bits per heavy atom. The first kappa shape index (κ1) is 10.0. The van der Waals surface area contributed by atoms with E-state index in [-0.39, 0.29) is 0 Å². The Balaban J connectivity index is 1.95. The lowest BCUT2D eigenvalue weighted by Gasteiger charge is -2.35. The topological polar surface area (TPSA) is 21.3 Å². The summed E-state index contributed by atoms with van der Waals surface area (Å²) in [5, 5.41) is 3.20. The summed E-state index contributed by atoms with van der Waals surface area (Å²) in [5.74, 6) is 1.54. The average Bonchev–Trinajstić information content (AvgIpc) is 1.93. The van der Waals surface area contributed by atoms with Crippen LogP contribution in [0.5, 0.6) is 0 Å². The van der Waals surface area contributed by atoms with Crippen molar-refractivity contribution in [1.82, 2.24) is 5.32 Å². The SMILES string of the molecule is CNCC1CC(OCC(C)C)C1. The van der Waals surface area contributed by atoms with Crippen molar-refractivity contribution in [3.05, 3.63) is 0 Å². The minimum Gasteiger partial charge on any atom is -0.378 e. The summed E-state index contributed by atoms with van der Waals surface area (Å²) in [6, 6.07) is 0. The molecule has 0 aromatic rings. The average molecular weight is 171 g/mol. The zero-order valence-corrected chi connectivity index (χ0v) is 8.47. The summed E-state index contributed by atoms with van der Waals surface area (Å²) >= 11 is 0. The molecular weight excluding hydrogens is 150 g/mol. The summed E-state index contributed by atoms with van der Waals surface area (Å²) in [6.07, 6.45) is 3.08. The lowest BCUT2D eigenvalue weighted by molar-refractivity contribution is -0.0398. The van der Waals surface area contributed by atoms with E-state index in [9.17, 15) is 0 Å². The van der Waals surface area contributed by atoms with Crippen LogP contribution in [0, 0.1) is 11.8 Å². The van der Waals surface area contributed by atoms with Crippen molar-refractivity contribution in [2.45, 2.75) is 32.8 Å². The summed E-state index contributed by atoms with van der Waals surface area (Å²) in [6.45, 7) is 6.48. The smallest absolute Gasteiger partial charge is 0.0581 e. The zero-order chi connectivity index (χ0) is 8.97. The lowest BCUT2D eigenvalue weighted by atomic mass is 9.82. The van der Waals surface area contributed by atoms with Crippen LogP contribution in [-0.2, 0) is 4.74 Å². The Morgan fingerprint density at radius 3 is 2.58 bits per heavy atom. The zero-order valence-electron chi connectivity index (χ0n) is 8.47. The second-order valence-corrected chi connectivity index (χ2v) is 4.24. The molecule has 0 saturated heterocycles. The van der Waals surface area contributed by atoms with Gasteiger partial charge >= 0.3 is 0 Å². The summed E-state index contributed by atoms with van der Waals surface area (Å²) in [4.78, 5) is 0. The van der Waals surface area contributed by atoms with E-state index in [1.54, 1.807) is 0 Å². The molecule has 0 aromatic carbocycles. The van der Waals surface area contributed by atoms with Gasteiger partial charge in [-0.3, -0.25) is 0 Å². The fraction of sp³-hybridized carbons (Fsp3) is 1.00. The van der Waals surface area contributed by atoms with Crippen LogP contribution in [-0.4, -0.2) is 26.3 Å². The Bertz CT molecular complexity index is 119. The number of nitrogens with one attached hydrogen (secondary N) is 1. The van der Waals surface area contributed by atoms with Gasteiger partial charge in [-0.05, 0) is 38.3 Å². The van der Waals surface area contributed by atoms with Crippen LogP contribution in [0.25, 0.3) is 0 Å². The van der Waals surface area contributed by atoms with E-state index in [4.69, 9.17) is 4.74 Å². The highest BCUT2D eigenvalue weighted by Crippen LogP contribution is 2.29. The van der Waals surface area contributed by atoms with Crippen molar-refractivity contribution in [3.63, 3.8) is 0 Å². The lowest BCUT2D eigenvalue weighted by Crippen LogP contribution is -2.37. The third-order valence-electron chi connectivity index (χ3n) is 2.35. The monoisotopic (exact) mass is 171 g/mol. The molecule has 0 bridgehead atoms. The van der Waals surface area contributed by atoms with Gasteiger partial charge in [-0.15, -0.1) is 0 Å². The van der Waals surface area contributed by atoms with Gasteiger partial charge in [0.2, 0.25) is 0 Å². The standard InChI is InChI=1S/C10H21NO/c1-8(2)7-12-10-4-9(5-10)6-11-3/h8-11H,4-7H2,1-3H3. The minimum atomic E-state index is 0.561. The minimum absolute atomic E-state index is 0.561. The van der Waals surface area contributed by atoms with Crippen LogP contribution < -0.4 is 5.32 Å². The maximum atomic E-state index is 5.69. The molecule has 0 atom stereocenters. The van der Waals surface area contributed by atoms with E-state index in [2.05, 4.69) is 19.2 Å². The molecule has 0 heterocycles. The Kier molecular flexibility index (Phi) is 4.02. The highest BCUT2D eigenvalue weighted by molar-refractivity contribution is 4.81.